The van der Waals surface area contributed by atoms with Crippen LogP contribution in [0.25, 0.3) is 0 Å². The second-order valence-corrected chi connectivity index (χ2v) is 6.78. The third-order valence-corrected chi connectivity index (χ3v) is 5.19. The predicted octanol–water partition coefficient (Wildman–Crippen LogP) is 2.96. The van der Waals surface area contributed by atoms with Crippen molar-refractivity contribution < 1.29 is 0 Å². The molecule has 0 aliphatic heterocycles. The van der Waals surface area contributed by atoms with Gasteiger partial charge in [0.1, 0.15) is 0 Å². The second kappa shape index (κ2) is 3.03. The first-order valence-corrected chi connectivity index (χ1v) is 6.41. The zero-order chi connectivity index (χ0) is 11.4. The van der Waals surface area contributed by atoms with Crippen molar-refractivity contribution in [1.82, 2.24) is 0 Å². The summed E-state index contributed by atoms with van der Waals surface area (Å²) in [6.45, 7) is 2.43. The number of allylic oxidation sites excluding steroid dienone is 2. The molecule has 0 spiro atoms. The van der Waals surface area contributed by atoms with Crippen molar-refractivity contribution >= 4 is 0 Å². The summed E-state index contributed by atoms with van der Waals surface area (Å²) >= 11 is 0. The van der Waals surface area contributed by atoms with E-state index in [1.807, 2.05) is 0 Å². The minimum atomic E-state index is 0.189. The van der Waals surface area contributed by atoms with E-state index in [0.717, 1.165) is 17.5 Å². The van der Waals surface area contributed by atoms with E-state index in [9.17, 15) is 0 Å². The highest BCUT2D eigenvalue weighted by Gasteiger charge is 2.56. The van der Waals surface area contributed by atoms with Crippen LogP contribution in [0.3, 0.4) is 0 Å². The molecule has 4 rings (SSSR count). The SMILES string of the molecule is CC12CC3CC(C1)CC(C(N)=CC#N)(C3)C2. The van der Waals surface area contributed by atoms with E-state index in [2.05, 4.69) is 13.0 Å². The smallest absolute Gasteiger partial charge is 0.0930 e. The van der Waals surface area contributed by atoms with Gasteiger partial charge in [-0.1, -0.05) is 6.92 Å². The normalized spacial score (nSPS) is 50.4. The van der Waals surface area contributed by atoms with Crippen molar-refractivity contribution in [1.29, 1.82) is 5.26 Å². The molecule has 2 atom stereocenters. The number of hydrogen-bond acceptors (Lipinski definition) is 2. The zero-order valence-corrected chi connectivity index (χ0v) is 10.00. The summed E-state index contributed by atoms with van der Waals surface area (Å²) in [5.41, 5.74) is 7.75. The monoisotopic (exact) mass is 216 g/mol. The van der Waals surface area contributed by atoms with Crippen LogP contribution < -0.4 is 5.73 Å². The Bertz CT molecular complexity index is 374. The minimum Gasteiger partial charge on any atom is -0.401 e. The Kier molecular flexibility index (Phi) is 1.93. The fourth-order valence-corrected chi connectivity index (χ4v) is 5.28. The Balaban J connectivity index is 1.98. The van der Waals surface area contributed by atoms with Gasteiger partial charge in [-0.05, 0) is 55.8 Å². The van der Waals surface area contributed by atoms with Gasteiger partial charge in [-0.25, -0.2) is 0 Å². The fraction of sp³-hybridized carbons (Fsp3) is 0.786. The van der Waals surface area contributed by atoms with Crippen LogP contribution >= 0.6 is 0 Å². The maximum absolute atomic E-state index is 8.80. The van der Waals surface area contributed by atoms with Crippen LogP contribution in [0.1, 0.15) is 45.4 Å². The molecule has 86 valence electrons. The highest BCUT2D eigenvalue weighted by atomic mass is 14.7. The summed E-state index contributed by atoms with van der Waals surface area (Å²) in [5.74, 6) is 1.74. The van der Waals surface area contributed by atoms with Crippen LogP contribution in [-0.2, 0) is 0 Å². The average Bonchev–Trinajstić information content (AvgIpc) is 2.13. The maximum Gasteiger partial charge on any atom is 0.0930 e. The summed E-state index contributed by atoms with van der Waals surface area (Å²) < 4.78 is 0. The summed E-state index contributed by atoms with van der Waals surface area (Å²) in [6, 6.07) is 2.12. The molecule has 4 aliphatic rings. The van der Waals surface area contributed by atoms with Crippen molar-refractivity contribution in [3.63, 3.8) is 0 Å². The second-order valence-electron chi connectivity index (χ2n) is 6.78. The van der Waals surface area contributed by atoms with E-state index < -0.39 is 0 Å². The highest BCUT2D eigenvalue weighted by molar-refractivity contribution is 5.24. The third kappa shape index (κ3) is 1.30. The van der Waals surface area contributed by atoms with Crippen LogP contribution in [0.5, 0.6) is 0 Å². The van der Waals surface area contributed by atoms with Crippen molar-refractivity contribution in [3.8, 4) is 6.07 Å². The number of rotatable bonds is 1. The summed E-state index contributed by atoms with van der Waals surface area (Å²) in [4.78, 5) is 0. The quantitative estimate of drug-likeness (QED) is 0.685. The van der Waals surface area contributed by atoms with E-state index in [4.69, 9.17) is 11.0 Å². The van der Waals surface area contributed by atoms with Gasteiger partial charge in [0.2, 0.25) is 0 Å². The lowest BCUT2D eigenvalue weighted by Gasteiger charge is -2.61. The Morgan fingerprint density at radius 1 is 1.31 bits per heavy atom. The van der Waals surface area contributed by atoms with Crippen molar-refractivity contribution in [2.45, 2.75) is 45.4 Å². The van der Waals surface area contributed by atoms with Crippen LogP contribution in [0.15, 0.2) is 11.8 Å². The van der Waals surface area contributed by atoms with E-state index in [1.54, 1.807) is 6.08 Å². The van der Waals surface area contributed by atoms with Gasteiger partial charge in [0.25, 0.3) is 0 Å². The van der Waals surface area contributed by atoms with E-state index in [-0.39, 0.29) is 5.41 Å². The van der Waals surface area contributed by atoms with Crippen LogP contribution in [0.4, 0.5) is 0 Å². The fourth-order valence-electron chi connectivity index (χ4n) is 5.28. The van der Waals surface area contributed by atoms with Gasteiger partial charge in [0.15, 0.2) is 0 Å². The highest BCUT2D eigenvalue weighted by Crippen LogP contribution is 2.66. The molecule has 0 aromatic carbocycles. The molecule has 0 saturated heterocycles. The van der Waals surface area contributed by atoms with Gasteiger partial charge in [-0.15, -0.1) is 0 Å². The molecule has 2 N–H and O–H groups in total. The van der Waals surface area contributed by atoms with Crippen LogP contribution in [0, 0.1) is 34.0 Å². The molecule has 4 saturated carbocycles. The Morgan fingerprint density at radius 3 is 2.44 bits per heavy atom. The first-order valence-electron chi connectivity index (χ1n) is 6.41. The molecule has 0 aromatic rings. The minimum absolute atomic E-state index is 0.189. The van der Waals surface area contributed by atoms with Gasteiger partial charge < -0.3 is 5.73 Å². The van der Waals surface area contributed by atoms with Gasteiger partial charge in [0.05, 0.1) is 6.07 Å². The van der Waals surface area contributed by atoms with Gasteiger partial charge in [-0.2, -0.15) is 5.26 Å². The molecule has 16 heavy (non-hydrogen) atoms. The van der Waals surface area contributed by atoms with Crippen molar-refractivity contribution in [3.05, 3.63) is 11.8 Å². The largest absolute Gasteiger partial charge is 0.401 e. The summed E-state index contributed by atoms with van der Waals surface area (Å²) in [7, 11) is 0. The first kappa shape index (κ1) is 10.2. The van der Waals surface area contributed by atoms with E-state index in [1.165, 1.54) is 38.5 Å². The van der Waals surface area contributed by atoms with Gasteiger partial charge in [-0.3, -0.25) is 0 Å². The molecule has 0 heterocycles. The Labute approximate surface area is 97.5 Å². The Hall–Kier alpha value is -0.970. The molecule has 0 radical (unpaired) electrons. The lowest BCUT2D eigenvalue weighted by Crippen LogP contribution is -2.52. The molecule has 0 aromatic heterocycles. The molecule has 0 amide bonds. The molecule has 4 fully saturated rings. The number of hydrogen-bond donors (Lipinski definition) is 1. The van der Waals surface area contributed by atoms with Gasteiger partial charge >= 0.3 is 0 Å². The van der Waals surface area contributed by atoms with Crippen molar-refractivity contribution in [2.75, 3.05) is 0 Å². The molecular formula is C14H20N2. The molecular weight excluding hydrogens is 196 g/mol. The van der Waals surface area contributed by atoms with Crippen LogP contribution in [0.2, 0.25) is 0 Å². The third-order valence-electron chi connectivity index (χ3n) is 5.19. The van der Waals surface area contributed by atoms with Crippen LogP contribution in [-0.4, -0.2) is 0 Å². The average molecular weight is 216 g/mol. The standard InChI is InChI=1S/C14H20N2/c1-13-5-10-4-11(6-13)8-14(7-10,9-13)12(16)2-3-15/h2,10-11H,4-9,16H2,1H3. The zero-order valence-electron chi connectivity index (χ0n) is 10.00. The molecule has 4 bridgehead atoms. The number of nitrogens with two attached hydrogens (primary N) is 1. The maximum atomic E-state index is 8.80. The predicted molar refractivity (Wildman–Crippen MR) is 63.1 cm³/mol. The summed E-state index contributed by atoms with van der Waals surface area (Å²) in [5, 5.41) is 8.80. The molecule has 2 unspecified atom stereocenters. The van der Waals surface area contributed by atoms with E-state index in [0.29, 0.717) is 5.41 Å². The number of nitrogens with zero attached hydrogens (tertiary/aromatic N) is 1. The molecule has 2 heteroatoms. The first-order chi connectivity index (χ1) is 7.55. The van der Waals surface area contributed by atoms with E-state index >= 15 is 0 Å². The molecule has 2 nitrogen and oxygen atoms in total. The molecule has 4 aliphatic carbocycles. The lowest BCUT2D eigenvalue weighted by atomic mass is 9.44. The Morgan fingerprint density at radius 2 is 1.94 bits per heavy atom. The summed E-state index contributed by atoms with van der Waals surface area (Å²) in [6.07, 6.45) is 9.49. The van der Waals surface area contributed by atoms with Crippen molar-refractivity contribution in [2.24, 2.45) is 28.4 Å². The topological polar surface area (TPSA) is 49.8 Å². The number of nitriles is 1. The van der Waals surface area contributed by atoms with Gasteiger partial charge in [0, 0.05) is 17.2 Å². The lowest BCUT2D eigenvalue weighted by molar-refractivity contribution is -0.0835.